The van der Waals surface area contributed by atoms with Gasteiger partial charge in [-0.3, -0.25) is 9.69 Å². The Hall–Kier alpha value is -0.570. The Labute approximate surface area is 80.1 Å². The van der Waals surface area contributed by atoms with Crippen LogP contribution >= 0.6 is 0 Å². The quantitative estimate of drug-likeness (QED) is 0.609. The molecule has 1 fully saturated rings. The van der Waals surface area contributed by atoms with E-state index in [1.165, 1.54) is 26.4 Å². The standard InChI is InChI=1S/C10H19NO2/c1-8-6-4-5-7-11(8)9(2)10(12)13-3/h8-9H,4-7H2,1-3H3/t8-,9+/m0/s1. The van der Waals surface area contributed by atoms with Crippen molar-refractivity contribution < 1.29 is 9.53 Å². The number of carbonyl (C=O) groups excluding carboxylic acids is 1. The highest BCUT2D eigenvalue weighted by Gasteiger charge is 2.27. The number of nitrogens with zero attached hydrogens (tertiary/aromatic N) is 1. The van der Waals surface area contributed by atoms with E-state index in [4.69, 9.17) is 4.74 Å². The summed E-state index contributed by atoms with van der Waals surface area (Å²) < 4.78 is 4.73. The molecule has 13 heavy (non-hydrogen) atoms. The topological polar surface area (TPSA) is 29.5 Å². The molecule has 0 N–H and O–H groups in total. The van der Waals surface area contributed by atoms with E-state index in [1.807, 2.05) is 6.92 Å². The van der Waals surface area contributed by atoms with Crippen molar-refractivity contribution in [2.24, 2.45) is 0 Å². The predicted octanol–water partition coefficient (Wildman–Crippen LogP) is 1.42. The summed E-state index contributed by atoms with van der Waals surface area (Å²) in [6.45, 7) is 5.13. The van der Waals surface area contributed by atoms with Crippen LogP contribution in [0.4, 0.5) is 0 Å². The molecule has 1 aliphatic rings. The van der Waals surface area contributed by atoms with E-state index in [0.29, 0.717) is 6.04 Å². The Balaban J connectivity index is 2.53. The van der Waals surface area contributed by atoms with Crippen LogP contribution in [-0.2, 0) is 9.53 Å². The fourth-order valence-corrected chi connectivity index (χ4v) is 2.00. The monoisotopic (exact) mass is 185 g/mol. The van der Waals surface area contributed by atoms with E-state index in [-0.39, 0.29) is 12.0 Å². The SMILES string of the molecule is COC(=O)[C@@H](C)N1CCCC[C@@H]1C. The molecule has 1 saturated heterocycles. The zero-order valence-corrected chi connectivity index (χ0v) is 8.75. The summed E-state index contributed by atoms with van der Waals surface area (Å²) in [5.74, 6) is -0.117. The summed E-state index contributed by atoms with van der Waals surface area (Å²) in [6.07, 6.45) is 3.68. The van der Waals surface area contributed by atoms with Gasteiger partial charge >= 0.3 is 5.97 Å². The van der Waals surface area contributed by atoms with Crippen molar-refractivity contribution in [1.29, 1.82) is 0 Å². The van der Waals surface area contributed by atoms with Gasteiger partial charge in [0.15, 0.2) is 0 Å². The minimum atomic E-state index is -0.117. The Bertz CT molecular complexity index is 182. The number of ether oxygens (including phenoxy) is 1. The van der Waals surface area contributed by atoms with Gasteiger partial charge in [-0.1, -0.05) is 6.42 Å². The lowest BCUT2D eigenvalue weighted by molar-refractivity contribution is -0.147. The number of methoxy groups -OCH3 is 1. The second kappa shape index (κ2) is 4.61. The number of hydrogen-bond donors (Lipinski definition) is 0. The zero-order chi connectivity index (χ0) is 9.84. The molecule has 0 aliphatic carbocycles. The lowest BCUT2D eigenvalue weighted by Crippen LogP contribution is -2.47. The first-order chi connectivity index (χ1) is 6.16. The number of esters is 1. The third-order valence-corrected chi connectivity index (χ3v) is 2.89. The fourth-order valence-electron chi connectivity index (χ4n) is 2.00. The molecule has 76 valence electrons. The van der Waals surface area contributed by atoms with Crippen molar-refractivity contribution in [3.8, 4) is 0 Å². The molecule has 1 heterocycles. The van der Waals surface area contributed by atoms with Crippen LogP contribution in [-0.4, -0.2) is 36.6 Å². The second-order valence-electron chi connectivity index (χ2n) is 3.78. The third-order valence-electron chi connectivity index (χ3n) is 2.89. The maximum atomic E-state index is 11.3. The van der Waals surface area contributed by atoms with E-state index >= 15 is 0 Å². The van der Waals surface area contributed by atoms with Crippen LogP contribution in [0.15, 0.2) is 0 Å². The van der Waals surface area contributed by atoms with Gasteiger partial charge in [0.1, 0.15) is 6.04 Å². The van der Waals surface area contributed by atoms with Crippen LogP contribution in [0, 0.1) is 0 Å². The summed E-state index contributed by atoms with van der Waals surface area (Å²) in [6, 6.07) is 0.433. The van der Waals surface area contributed by atoms with Gasteiger partial charge in [-0.15, -0.1) is 0 Å². The average molecular weight is 185 g/mol. The number of piperidine rings is 1. The molecule has 0 aromatic rings. The van der Waals surface area contributed by atoms with Crippen molar-refractivity contribution in [3.63, 3.8) is 0 Å². The molecule has 1 rings (SSSR count). The van der Waals surface area contributed by atoms with Gasteiger partial charge in [-0.2, -0.15) is 0 Å². The third kappa shape index (κ3) is 2.44. The summed E-state index contributed by atoms with van der Waals surface area (Å²) >= 11 is 0. The molecule has 3 nitrogen and oxygen atoms in total. The highest BCUT2D eigenvalue weighted by atomic mass is 16.5. The first kappa shape index (κ1) is 10.5. The van der Waals surface area contributed by atoms with Crippen LogP contribution in [0.5, 0.6) is 0 Å². The van der Waals surface area contributed by atoms with Crippen LogP contribution in [0.1, 0.15) is 33.1 Å². The molecule has 0 spiro atoms. The summed E-state index contributed by atoms with van der Waals surface area (Å²) in [5, 5.41) is 0. The highest BCUT2D eigenvalue weighted by molar-refractivity contribution is 5.75. The van der Waals surface area contributed by atoms with E-state index in [1.54, 1.807) is 0 Å². The molecule has 0 bridgehead atoms. The van der Waals surface area contributed by atoms with Gasteiger partial charge in [0.2, 0.25) is 0 Å². The largest absolute Gasteiger partial charge is 0.468 e. The van der Waals surface area contributed by atoms with Crippen LogP contribution in [0.25, 0.3) is 0 Å². The molecule has 0 unspecified atom stereocenters. The number of hydrogen-bond acceptors (Lipinski definition) is 3. The Morgan fingerprint density at radius 3 is 2.77 bits per heavy atom. The summed E-state index contributed by atoms with van der Waals surface area (Å²) in [7, 11) is 1.45. The van der Waals surface area contributed by atoms with E-state index in [2.05, 4.69) is 11.8 Å². The Morgan fingerprint density at radius 1 is 1.54 bits per heavy atom. The first-order valence-corrected chi connectivity index (χ1v) is 5.00. The van der Waals surface area contributed by atoms with E-state index < -0.39 is 0 Å². The minimum Gasteiger partial charge on any atom is -0.468 e. The molecule has 0 aromatic carbocycles. The smallest absolute Gasteiger partial charge is 0.322 e. The molecule has 0 saturated carbocycles. The predicted molar refractivity (Wildman–Crippen MR) is 51.5 cm³/mol. The lowest BCUT2D eigenvalue weighted by Gasteiger charge is -2.36. The molecule has 1 aliphatic heterocycles. The van der Waals surface area contributed by atoms with Gasteiger partial charge in [0.25, 0.3) is 0 Å². The molecule has 3 heteroatoms. The minimum absolute atomic E-state index is 0.0831. The maximum absolute atomic E-state index is 11.3. The van der Waals surface area contributed by atoms with Crippen molar-refractivity contribution in [1.82, 2.24) is 4.90 Å². The van der Waals surface area contributed by atoms with Crippen molar-refractivity contribution in [2.45, 2.75) is 45.2 Å². The van der Waals surface area contributed by atoms with Crippen LogP contribution in [0.2, 0.25) is 0 Å². The molecule has 0 amide bonds. The maximum Gasteiger partial charge on any atom is 0.322 e. The summed E-state index contributed by atoms with van der Waals surface area (Å²) in [4.78, 5) is 13.5. The van der Waals surface area contributed by atoms with Gasteiger partial charge in [0.05, 0.1) is 7.11 Å². The molecular formula is C10H19NO2. The van der Waals surface area contributed by atoms with Gasteiger partial charge < -0.3 is 4.74 Å². The van der Waals surface area contributed by atoms with Gasteiger partial charge in [-0.05, 0) is 33.2 Å². The average Bonchev–Trinajstić information content (AvgIpc) is 2.16. The van der Waals surface area contributed by atoms with Crippen molar-refractivity contribution in [3.05, 3.63) is 0 Å². The second-order valence-corrected chi connectivity index (χ2v) is 3.78. The number of carbonyl (C=O) groups is 1. The number of likely N-dealkylation sites (tertiary alicyclic amines) is 1. The van der Waals surface area contributed by atoms with Crippen LogP contribution < -0.4 is 0 Å². The summed E-state index contributed by atoms with van der Waals surface area (Å²) in [5.41, 5.74) is 0. The first-order valence-electron chi connectivity index (χ1n) is 5.00. The Morgan fingerprint density at radius 2 is 2.23 bits per heavy atom. The zero-order valence-electron chi connectivity index (χ0n) is 8.75. The van der Waals surface area contributed by atoms with Gasteiger partial charge in [0, 0.05) is 6.04 Å². The van der Waals surface area contributed by atoms with E-state index in [0.717, 1.165) is 6.54 Å². The van der Waals surface area contributed by atoms with Crippen molar-refractivity contribution >= 4 is 5.97 Å². The van der Waals surface area contributed by atoms with Crippen LogP contribution in [0.3, 0.4) is 0 Å². The number of rotatable bonds is 2. The van der Waals surface area contributed by atoms with Gasteiger partial charge in [-0.25, -0.2) is 0 Å². The molecule has 0 aromatic heterocycles. The fraction of sp³-hybridized carbons (Fsp3) is 0.900. The molecule has 0 radical (unpaired) electrons. The lowest BCUT2D eigenvalue weighted by atomic mass is 10.0. The normalized spacial score (nSPS) is 26.8. The highest BCUT2D eigenvalue weighted by Crippen LogP contribution is 2.19. The Kier molecular flexibility index (Phi) is 3.72. The molecule has 2 atom stereocenters. The molecular weight excluding hydrogens is 166 g/mol. The van der Waals surface area contributed by atoms with E-state index in [9.17, 15) is 4.79 Å². The van der Waals surface area contributed by atoms with Crippen molar-refractivity contribution in [2.75, 3.05) is 13.7 Å².